The molecular weight excluding hydrogens is 478 g/mol. The Labute approximate surface area is 212 Å². The lowest BCUT2D eigenvalue weighted by molar-refractivity contribution is 0.281. The smallest absolute Gasteiger partial charge is 0.243 e. The summed E-state index contributed by atoms with van der Waals surface area (Å²) in [5.74, 6) is 0.384. The summed E-state index contributed by atoms with van der Waals surface area (Å²) < 4.78 is 27.9. The molecule has 1 unspecified atom stereocenters. The minimum atomic E-state index is -3.51. The van der Waals surface area contributed by atoms with Crippen molar-refractivity contribution in [1.82, 2.24) is 9.29 Å². The zero-order valence-corrected chi connectivity index (χ0v) is 22.1. The number of sulfonamides is 1. The van der Waals surface area contributed by atoms with E-state index in [4.69, 9.17) is 0 Å². The Morgan fingerprint density at radius 2 is 1.97 bits per heavy atom. The fourth-order valence-electron chi connectivity index (χ4n) is 4.31. The standard InChI is InChI=1S/C26H33N5O2S2/c1-4-30(5-2)23-13-11-21(12-14-23)17-27-29-26-28-25(19-34-26)22-9-6-10-24(16-22)35(32,33)31-15-7-8-20(3)18-31/h6,9-14,16-17,19-20H,4-5,7-8,15,18H2,1-3H3,(H,28,29). The number of benzene rings is 2. The lowest BCUT2D eigenvalue weighted by atomic mass is 10.0. The molecule has 35 heavy (non-hydrogen) atoms. The third kappa shape index (κ3) is 6.09. The van der Waals surface area contributed by atoms with E-state index in [2.05, 4.69) is 53.3 Å². The fourth-order valence-corrected chi connectivity index (χ4v) is 6.62. The van der Waals surface area contributed by atoms with E-state index >= 15 is 0 Å². The van der Waals surface area contributed by atoms with E-state index < -0.39 is 10.0 Å². The molecule has 1 saturated heterocycles. The van der Waals surface area contributed by atoms with Gasteiger partial charge in [-0.3, -0.25) is 5.43 Å². The van der Waals surface area contributed by atoms with Crippen molar-refractivity contribution >= 4 is 38.4 Å². The number of piperidine rings is 1. The molecule has 3 aromatic rings. The number of nitrogens with zero attached hydrogens (tertiary/aromatic N) is 4. The van der Waals surface area contributed by atoms with Gasteiger partial charge in [0.15, 0.2) is 0 Å². The lowest BCUT2D eigenvalue weighted by Gasteiger charge is -2.30. The summed E-state index contributed by atoms with van der Waals surface area (Å²) in [6.45, 7) is 9.51. The first kappa shape index (κ1) is 25.3. The number of thiazole rings is 1. The SMILES string of the molecule is CCN(CC)c1ccc(C=NNc2nc(-c3cccc(S(=O)(=O)N4CCCC(C)C4)c3)cs2)cc1. The molecule has 0 saturated carbocycles. The first-order valence-electron chi connectivity index (χ1n) is 12.1. The number of hydrogen-bond donors (Lipinski definition) is 1. The van der Waals surface area contributed by atoms with Gasteiger partial charge in [0.1, 0.15) is 0 Å². The van der Waals surface area contributed by atoms with Crippen molar-refractivity contribution in [2.75, 3.05) is 36.5 Å². The molecule has 9 heteroatoms. The van der Waals surface area contributed by atoms with Crippen molar-refractivity contribution in [3.8, 4) is 11.3 Å². The minimum Gasteiger partial charge on any atom is -0.372 e. The van der Waals surface area contributed by atoms with Crippen LogP contribution in [-0.2, 0) is 10.0 Å². The second-order valence-electron chi connectivity index (χ2n) is 8.81. The normalized spacial score (nSPS) is 17.1. The first-order valence-corrected chi connectivity index (χ1v) is 14.4. The monoisotopic (exact) mass is 511 g/mol. The molecule has 1 fully saturated rings. The molecule has 0 radical (unpaired) electrons. The van der Waals surface area contributed by atoms with Crippen molar-refractivity contribution in [1.29, 1.82) is 0 Å². The maximum Gasteiger partial charge on any atom is 0.243 e. The maximum absolute atomic E-state index is 13.2. The van der Waals surface area contributed by atoms with Crippen LogP contribution < -0.4 is 10.3 Å². The third-order valence-electron chi connectivity index (χ3n) is 6.29. The third-order valence-corrected chi connectivity index (χ3v) is 8.90. The summed E-state index contributed by atoms with van der Waals surface area (Å²) in [7, 11) is -3.51. The van der Waals surface area contributed by atoms with Crippen LogP contribution in [0.25, 0.3) is 11.3 Å². The Morgan fingerprint density at radius 1 is 1.20 bits per heavy atom. The highest BCUT2D eigenvalue weighted by Gasteiger charge is 2.28. The molecule has 0 bridgehead atoms. The average molecular weight is 512 g/mol. The predicted octanol–water partition coefficient (Wildman–Crippen LogP) is 5.52. The van der Waals surface area contributed by atoms with Gasteiger partial charge < -0.3 is 4.90 Å². The molecule has 0 amide bonds. The van der Waals surface area contributed by atoms with E-state index in [0.29, 0.717) is 29.0 Å². The quantitative estimate of drug-likeness (QED) is 0.302. The van der Waals surface area contributed by atoms with Gasteiger partial charge in [0, 0.05) is 42.8 Å². The molecule has 1 N–H and O–H groups in total. The van der Waals surface area contributed by atoms with Gasteiger partial charge in [-0.25, -0.2) is 13.4 Å². The summed E-state index contributed by atoms with van der Waals surface area (Å²) >= 11 is 1.43. The van der Waals surface area contributed by atoms with Gasteiger partial charge in [-0.15, -0.1) is 11.3 Å². The Balaban J connectivity index is 1.42. The van der Waals surface area contributed by atoms with Crippen molar-refractivity contribution in [2.24, 2.45) is 11.0 Å². The van der Waals surface area contributed by atoms with Crippen molar-refractivity contribution in [2.45, 2.75) is 38.5 Å². The summed E-state index contributed by atoms with van der Waals surface area (Å²) in [4.78, 5) is 7.21. The molecule has 1 aliphatic heterocycles. The topological polar surface area (TPSA) is 77.9 Å². The first-order chi connectivity index (χ1) is 16.9. The van der Waals surface area contributed by atoms with Crippen LogP contribution in [-0.4, -0.2) is 50.1 Å². The van der Waals surface area contributed by atoms with E-state index in [-0.39, 0.29) is 0 Å². The molecule has 1 aromatic heterocycles. The average Bonchev–Trinajstić information content (AvgIpc) is 3.35. The van der Waals surface area contributed by atoms with Gasteiger partial charge in [0.25, 0.3) is 0 Å². The molecule has 7 nitrogen and oxygen atoms in total. The number of hydrogen-bond acceptors (Lipinski definition) is 7. The van der Waals surface area contributed by atoms with Crippen LogP contribution in [0.2, 0.25) is 0 Å². The Bertz CT molecular complexity index is 1250. The van der Waals surface area contributed by atoms with Crippen LogP contribution in [0.1, 0.15) is 39.2 Å². The summed E-state index contributed by atoms with van der Waals surface area (Å²) in [6.07, 6.45) is 3.74. The van der Waals surface area contributed by atoms with E-state index in [9.17, 15) is 8.42 Å². The Morgan fingerprint density at radius 3 is 2.69 bits per heavy atom. The minimum absolute atomic E-state index is 0.317. The zero-order chi connectivity index (χ0) is 24.8. The van der Waals surface area contributed by atoms with Gasteiger partial charge in [-0.1, -0.05) is 31.2 Å². The highest BCUT2D eigenvalue weighted by atomic mass is 32.2. The molecule has 1 atom stereocenters. The molecular formula is C26H33N5O2S2. The predicted molar refractivity (Wildman–Crippen MR) is 146 cm³/mol. The van der Waals surface area contributed by atoms with Crippen molar-refractivity contribution in [3.05, 3.63) is 59.5 Å². The van der Waals surface area contributed by atoms with Gasteiger partial charge >= 0.3 is 0 Å². The summed E-state index contributed by atoms with van der Waals surface area (Å²) in [6, 6.07) is 15.3. The van der Waals surface area contributed by atoms with Gasteiger partial charge in [0.2, 0.25) is 15.2 Å². The molecule has 2 heterocycles. The molecule has 2 aromatic carbocycles. The van der Waals surface area contributed by atoms with Crippen LogP contribution in [0.5, 0.6) is 0 Å². The van der Waals surface area contributed by atoms with E-state index in [1.807, 2.05) is 23.6 Å². The lowest BCUT2D eigenvalue weighted by Crippen LogP contribution is -2.39. The van der Waals surface area contributed by atoms with Crippen molar-refractivity contribution in [3.63, 3.8) is 0 Å². The highest BCUT2D eigenvalue weighted by molar-refractivity contribution is 7.89. The highest BCUT2D eigenvalue weighted by Crippen LogP contribution is 2.29. The van der Waals surface area contributed by atoms with Gasteiger partial charge in [0.05, 0.1) is 16.8 Å². The summed E-state index contributed by atoms with van der Waals surface area (Å²) in [5, 5.41) is 6.87. The second kappa shape index (κ2) is 11.3. The Hall–Kier alpha value is -2.75. The Kier molecular flexibility index (Phi) is 8.20. The van der Waals surface area contributed by atoms with Crippen LogP contribution in [0, 0.1) is 5.92 Å². The number of rotatable bonds is 9. The van der Waals surface area contributed by atoms with Gasteiger partial charge in [-0.05, 0) is 62.4 Å². The largest absolute Gasteiger partial charge is 0.372 e. The fraction of sp³-hybridized carbons (Fsp3) is 0.385. The van der Waals surface area contributed by atoms with Crippen LogP contribution in [0.4, 0.5) is 10.8 Å². The van der Waals surface area contributed by atoms with Crippen LogP contribution in [0.15, 0.2) is 63.9 Å². The molecule has 4 rings (SSSR count). The van der Waals surface area contributed by atoms with Gasteiger partial charge in [-0.2, -0.15) is 9.41 Å². The van der Waals surface area contributed by atoms with Crippen LogP contribution in [0.3, 0.4) is 0 Å². The molecule has 0 spiro atoms. The van der Waals surface area contributed by atoms with E-state index in [0.717, 1.165) is 42.8 Å². The molecule has 186 valence electrons. The number of aromatic nitrogens is 1. The number of anilines is 2. The molecule has 1 aliphatic rings. The molecule has 0 aliphatic carbocycles. The number of hydrazone groups is 1. The van der Waals surface area contributed by atoms with Crippen LogP contribution >= 0.6 is 11.3 Å². The van der Waals surface area contributed by atoms with Crippen molar-refractivity contribution < 1.29 is 8.42 Å². The van der Waals surface area contributed by atoms with E-state index in [1.54, 1.807) is 28.7 Å². The maximum atomic E-state index is 13.2. The number of nitrogens with one attached hydrogen (secondary N) is 1. The second-order valence-corrected chi connectivity index (χ2v) is 11.6. The van der Waals surface area contributed by atoms with E-state index in [1.165, 1.54) is 17.0 Å². The zero-order valence-electron chi connectivity index (χ0n) is 20.5. The summed E-state index contributed by atoms with van der Waals surface area (Å²) in [5.41, 5.74) is 6.67.